The molecule has 34 heavy (non-hydrogen) atoms. The van der Waals surface area contributed by atoms with Crippen molar-refractivity contribution in [2.45, 2.75) is 110 Å². The lowest BCUT2D eigenvalue weighted by Gasteiger charge is -2.60. The second kappa shape index (κ2) is 7.78. The van der Waals surface area contributed by atoms with Crippen LogP contribution in [0.3, 0.4) is 0 Å². The summed E-state index contributed by atoms with van der Waals surface area (Å²) in [6.07, 6.45) is 9.47. The zero-order valence-corrected chi connectivity index (χ0v) is 21.8. The molecule has 4 aliphatic carbocycles. The molecule has 0 bridgehead atoms. The van der Waals surface area contributed by atoms with E-state index in [1.165, 1.54) is 19.8 Å². The predicted molar refractivity (Wildman–Crippen MR) is 128 cm³/mol. The van der Waals surface area contributed by atoms with Gasteiger partial charge in [0.2, 0.25) is 0 Å². The maximum atomic E-state index is 14.1. The van der Waals surface area contributed by atoms with Crippen LogP contribution in [-0.2, 0) is 23.8 Å². The minimum Gasteiger partial charge on any atom is -0.463 e. The van der Waals surface area contributed by atoms with Gasteiger partial charge in [-0.25, -0.2) is 0 Å². The zero-order valence-electron chi connectivity index (χ0n) is 21.8. The number of carbonyl (C=O) groups excluding carboxylic acids is 2. The van der Waals surface area contributed by atoms with Crippen molar-refractivity contribution in [3.63, 3.8) is 0 Å². The first-order valence-electron chi connectivity index (χ1n) is 14.1. The highest BCUT2D eigenvalue weighted by Gasteiger charge is 2.71. The lowest BCUT2D eigenvalue weighted by molar-refractivity contribution is -0.272. The Morgan fingerprint density at radius 2 is 1.82 bits per heavy atom. The van der Waals surface area contributed by atoms with Crippen LogP contribution < -0.4 is 0 Å². The predicted octanol–water partition coefficient (Wildman–Crippen LogP) is 5.54. The average molecular weight is 473 g/mol. The van der Waals surface area contributed by atoms with E-state index in [1.807, 2.05) is 0 Å². The van der Waals surface area contributed by atoms with Crippen molar-refractivity contribution in [2.24, 2.45) is 52.3 Å². The van der Waals surface area contributed by atoms with Crippen molar-refractivity contribution >= 4 is 11.8 Å². The quantitative estimate of drug-likeness (QED) is 0.469. The van der Waals surface area contributed by atoms with Crippen LogP contribution in [-0.4, -0.2) is 36.4 Å². The molecule has 0 aromatic carbocycles. The molecule has 0 amide bonds. The molecule has 0 N–H and O–H groups in total. The summed E-state index contributed by atoms with van der Waals surface area (Å²) in [6, 6.07) is 0. The number of Topliss-reactive ketones (excluding diaryl/α,β-unsaturated/α-hetero) is 1. The summed E-state index contributed by atoms with van der Waals surface area (Å²) in [5, 5.41) is 0. The molecule has 4 saturated carbocycles. The Balaban J connectivity index is 1.25. The van der Waals surface area contributed by atoms with Crippen LogP contribution in [0.1, 0.15) is 92.4 Å². The number of hydrogen-bond acceptors (Lipinski definition) is 5. The Kier molecular flexibility index (Phi) is 5.37. The van der Waals surface area contributed by atoms with Crippen molar-refractivity contribution in [3.05, 3.63) is 0 Å². The van der Waals surface area contributed by atoms with Crippen LogP contribution >= 0.6 is 0 Å². The van der Waals surface area contributed by atoms with Gasteiger partial charge in [0.15, 0.2) is 5.79 Å². The van der Waals surface area contributed by atoms with Crippen molar-refractivity contribution in [3.8, 4) is 0 Å². The second-order valence-corrected chi connectivity index (χ2v) is 13.5. The van der Waals surface area contributed by atoms with Crippen LogP contribution in [0.2, 0.25) is 0 Å². The molecule has 2 aliphatic heterocycles. The fourth-order valence-electron chi connectivity index (χ4n) is 10.3. The minimum atomic E-state index is -0.467. The number of ether oxygens (including phenoxy) is 3. The van der Waals surface area contributed by atoms with Crippen molar-refractivity contribution < 1.29 is 23.8 Å². The van der Waals surface area contributed by atoms with E-state index in [-0.39, 0.29) is 40.8 Å². The van der Waals surface area contributed by atoms with Gasteiger partial charge in [-0.05, 0) is 80.0 Å². The van der Waals surface area contributed by atoms with E-state index in [0.29, 0.717) is 35.4 Å². The van der Waals surface area contributed by atoms with E-state index in [9.17, 15) is 9.59 Å². The fourth-order valence-corrected chi connectivity index (χ4v) is 10.3. The number of esters is 1. The summed E-state index contributed by atoms with van der Waals surface area (Å²) in [4.78, 5) is 25.7. The maximum absolute atomic E-state index is 14.1. The number of ketones is 1. The van der Waals surface area contributed by atoms with E-state index in [4.69, 9.17) is 14.2 Å². The Hall–Kier alpha value is -0.940. The van der Waals surface area contributed by atoms with E-state index in [1.54, 1.807) is 0 Å². The molecule has 0 aromatic heterocycles. The Morgan fingerprint density at radius 3 is 2.53 bits per heavy atom. The van der Waals surface area contributed by atoms with Crippen LogP contribution in [0.25, 0.3) is 0 Å². The van der Waals surface area contributed by atoms with E-state index in [2.05, 4.69) is 27.7 Å². The first kappa shape index (κ1) is 23.5. The van der Waals surface area contributed by atoms with Gasteiger partial charge in [0.05, 0.1) is 12.7 Å². The normalized spacial score (nSPS) is 56.4. The monoisotopic (exact) mass is 472 g/mol. The topological polar surface area (TPSA) is 61.8 Å². The average Bonchev–Trinajstić information content (AvgIpc) is 3.23. The second-order valence-electron chi connectivity index (χ2n) is 13.5. The summed E-state index contributed by atoms with van der Waals surface area (Å²) in [7, 11) is 0. The van der Waals surface area contributed by atoms with Crippen LogP contribution in [0, 0.1) is 52.3 Å². The molecule has 5 heteroatoms. The first-order valence-corrected chi connectivity index (χ1v) is 14.1. The van der Waals surface area contributed by atoms with E-state index in [0.717, 1.165) is 51.6 Å². The third-order valence-electron chi connectivity index (χ3n) is 12.1. The van der Waals surface area contributed by atoms with Crippen LogP contribution in [0.4, 0.5) is 0 Å². The molecule has 190 valence electrons. The van der Waals surface area contributed by atoms with Crippen molar-refractivity contribution in [1.29, 1.82) is 0 Å². The molecule has 12 atom stereocenters. The first-order chi connectivity index (χ1) is 16.1. The van der Waals surface area contributed by atoms with Gasteiger partial charge in [-0.2, -0.15) is 0 Å². The SMILES string of the molecule is CC(=O)OC1CCC2(C)C3CC(=O)C4(C)C(CC5OC6(CCC(C)CO6)C(C)C54)C3CC[C@H]2C1. The number of carbonyl (C=O) groups is 2. The molecule has 11 unspecified atom stereocenters. The summed E-state index contributed by atoms with van der Waals surface area (Å²) < 4.78 is 18.8. The molecule has 2 saturated heterocycles. The molecular formula is C29H44O5. The van der Waals surface area contributed by atoms with Gasteiger partial charge < -0.3 is 14.2 Å². The molecular weight excluding hydrogens is 428 g/mol. The summed E-state index contributed by atoms with van der Waals surface area (Å²) >= 11 is 0. The molecule has 1 spiro atoms. The smallest absolute Gasteiger partial charge is 0.302 e. The maximum Gasteiger partial charge on any atom is 0.302 e. The summed E-state index contributed by atoms with van der Waals surface area (Å²) in [5.74, 6) is 3.07. The van der Waals surface area contributed by atoms with Crippen LogP contribution in [0.15, 0.2) is 0 Å². The summed E-state index contributed by atoms with van der Waals surface area (Å²) in [6.45, 7) is 11.6. The molecule has 0 aromatic rings. The third-order valence-corrected chi connectivity index (χ3v) is 12.1. The minimum absolute atomic E-state index is 0.0613. The molecule has 6 rings (SSSR count). The number of rotatable bonds is 1. The van der Waals surface area contributed by atoms with Crippen molar-refractivity contribution in [2.75, 3.05) is 6.61 Å². The van der Waals surface area contributed by atoms with Gasteiger partial charge in [0, 0.05) is 37.0 Å². The third kappa shape index (κ3) is 3.11. The zero-order chi connectivity index (χ0) is 24.0. The van der Waals surface area contributed by atoms with Gasteiger partial charge in [0.25, 0.3) is 0 Å². The molecule has 6 aliphatic rings. The fraction of sp³-hybridized carbons (Fsp3) is 0.931. The van der Waals surface area contributed by atoms with Crippen LogP contribution in [0.5, 0.6) is 0 Å². The van der Waals surface area contributed by atoms with Gasteiger partial charge in [-0.1, -0.05) is 27.7 Å². The summed E-state index contributed by atoms with van der Waals surface area (Å²) in [5.41, 5.74) is -0.0934. The number of hydrogen-bond donors (Lipinski definition) is 0. The highest BCUT2D eigenvalue weighted by molar-refractivity contribution is 5.87. The lowest BCUT2D eigenvalue weighted by Crippen LogP contribution is -2.58. The Morgan fingerprint density at radius 1 is 1.03 bits per heavy atom. The largest absolute Gasteiger partial charge is 0.463 e. The van der Waals surface area contributed by atoms with Gasteiger partial charge in [-0.3, -0.25) is 9.59 Å². The Labute approximate surface area is 205 Å². The molecule has 2 heterocycles. The van der Waals surface area contributed by atoms with Crippen molar-refractivity contribution in [1.82, 2.24) is 0 Å². The van der Waals surface area contributed by atoms with Gasteiger partial charge in [0.1, 0.15) is 11.9 Å². The molecule has 0 radical (unpaired) electrons. The van der Waals surface area contributed by atoms with Gasteiger partial charge in [-0.15, -0.1) is 0 Å². The lowest BCUT2D eigenvalue weighted by atomic mass is 9.44. The standard InChI is InChI=1S/C29H44O5/c1-16-8-11-29(32-15-16)17(2)26-24(34-29)13-23-21-7-6-19-12-20(33-18(3)30)9-10-27(19,4)22(21)14-25(31)28(23,26)5/h16-17,19-24,26H,6-15H2,1-5H3/t16?,17?,19-,20?,21?,22?,23?,24?,26?,27?,28?,29?/m0/s1. The molecule has 5 nitrogen and oxygen atoms in total. The number of fused-ring (bicyclic) bond motifs is 7. The van der Waals surface area contributed by atoms with Gasteiger partial charge >= 0.3 is 5.97 Å². The van der Waals surface area contributed by atoms with E-state index < -0.39 is 5.79 Å². The molecule has 6 fully saturated rings. The Bertz CT molecular complexity index is 861. The highest BCUT2D eigenvalue weighted by Crippen LogP contribution is 2.70. The van der Waals surface area contributed by atoms with E-state index >= 15 is 0 Å². The highest BCUT2D eigenvalue weighted by atomic mass is 16.7.